The molecule has 6 heterocycles. The molecule has 12 rings (SSSR count). The van der Waals surface area contributed by atoms with Crippen LogP contribution in [-0.2, 0) is 0 Å². The maximum Gasteiger partial charge on any atom is 0.138 e. The number of nitrogens with zero attached hydrogens (tertiary/aromatic N) is 6. The summed E-state index contributed by atoms with van der Waals surface area (Å²) in [5, 5.41) is 7.21. The first-order chi connectivity index (χ1) is 28.8. The Morgan fingerprint density at radius 1 is 0.241 bits per heavy atom. The lowest BCUT2D eigenvalue weighted by molar-refractivity contribution is 1.09. The second-order valence-corrected chi connectivity index (χ2v) is 16.6. The summed E-state index contributed by atoms with van der Waals surface area (Å²) < 4.78 is 6.85. The summed E-state index contributed by atoms with van der Waals surface area (Å²) in [6, 6.07) is 70.6. The molecule has 0 aliphatic carbocycles. The quantitative estimate of drug-likeness (QED) is 0.159. The van der Waals surface area contributed by atoms with Gasteiger partial charge in [0, 0.05) is 40.2 Å². The zero-order valence-corrected chi connectivity index (χ0v) is 32.1. The fraction of sp³-hybridized carbons (Fsp3) is 0. The molecule has 7 heteroatoms. The van der Waals surface area contributed by atoms with Crippen molar-refractivity contribution in [3.63, 3.8) is 0 Å². The van der Waals surface area contributed by atoms with Gasteiger partial charge in [0.2, 0.25) is 0 Å². The number of rotatable bonds is 6. The number of pyridine rings is 3. The average molecular weight is 761 g/mol. The molecule has 0 bridgehead atoms. The summed E-state index contributed by atoms with van der Waals surface area (Å²) in [4.78, 5) is 16.7. The minimum Gasteiger partial charge on any atom is -0.294 e. The Hall–Kier alpha value is -7.40. The molecule has 0 N–H and O–H groups in total. The smallest absolute Gasteiger partial charge is 0.138 e. The van der Waals surface area contributed by atoms with Crippen molar-refractivity contribution in [3.05, 3.63) is 200 Å². The van der Waals surface area contributed by atoms with E-state index >= 15 is 0 Å². The number of hydrogen-bond acceptors (Lipinski definition) is 3. The molecule has 6 nitrogen and oxygen atoms in total. The normalized spacial score (nSPS) is 11.9. The second-order valence-electron chi connectivity index (χ2n) is 14.5. The van der Waals surface area contributed by atoms with E-state index in [0.717, 1.165) is 66.9 Å². The molecule has 0 spiro atoms. The third-order valence-electron chi connectivity index (χ3n) is 11.3. The zero-order valence-electron chi connectivity index (χ0n) is 31.2. The van der Waals surface area contributed by atoms with Gasteiger partial charge in [-0.05, 0) is 72.8 Å². The molecule has 0 unspecified atom stereocenters. The van der Waals surface area contributed by atoms with Crippen LogP contribution in [0.5, 0.6) is 0 Å². The predicted octanol–water partition coefficient (Wildman–Crippen LogP) is 10.9. The molecule has 0 aliphatic rings. The Labute approximate surface area is 334 Å². The van der Waals surface area contributed by atoms with Gasteiger partial charge in [-0.1, -0.05) is 127 Å². The van der Waals surface area contributed by atoms with Crippen molar-refractivity contribution in [2.75, 3.05) is 0 Å². The van der Waals surface area contributed by atoms with Crippen molar-refractivity contribution in [2.24, 2.45) is 0 Å². The van der Waals surface area contributed by atoms with E-state index < -0.39 is 7.92 Å². The maximum absolute atomic E-state index is 5.55. The minimum atomic E-state index is -1.35. The van der Waals surface area contributed by atoms with Crippen LogP contribution < -0.4 is 16.3 Å². The third-order valence-corrected chi connectivity index (χ3v) is 13.4. The molecule has 0 amide bonds. The van der Waals surface area contributed by atoms with Gasteiger partial charge in [0.25, 0.3) is 0 Å². The van der Waals surface area contributed by atoms with Gasteiger partial charge in [-0.15, -0.1) is 0 Å². The van der Waals surface area contributed by atoms with Gasteiger partial charge >= 0.3 is 0 Å². The molecule has 0 fully saturated rings. The first-order valence-electron chi connectivity index (χ1n) is 19.5. The van der Waals surface area contributed by atoms with Gasteiger partial charge in [-0.2, -0.15) is 0 Å². The van der Waals surface area contributed by atoms with Gasteiger partial charge < -0.3 is 0 Å². The van der Waals surface area contributed by atoms with Gasteiger partial charge in [-0.3, -0.25) is 13.7 Å². The predicted molar refractivity (Wildman–Crippen MR) is 242 cm³/mol. The highest BCUT2D eigenvalue weighted by atomic mass is 31.1. The fourth-order valence-corrected chi connectivity index (χ4v) is 10.9. The van der Waals surface area contributed by atoms with E-state index in [0.29, 0.717) is 0 Å². The van der Waals surface area contributed by atoms with E-state index in [2.05, 4.69) is 214 Å². The lowest BCUT2D eigenvalue weighted by Crippen LogP contribution is -2.28. The van der Waals surface area contributed by atoms with Gasteiger partial charge in [0.1, 0.15) is 17.5 Å². The number of para-hydroxylation sites is 6. The van der Waals surface area contributed by atoms with Crippen molar-refractivity contribution in [1.29, 1.82) is 0 Å². The summed E-state index contributed by atoms with van der Waals surface area (Å²) in [6.07, 6.45) is 0. The molecule has 6 aromatic heterocycles. The van der Waals surface area contributed by atoms with Crippen LogP contribution in [0.3, 0.4) is 0 Å². The summed E-state index contributed by atoms with van der Waals surface area (Å²) in [7, 11) is -1.35. The third kappa shape index (κ3) is 4.99. The average Bonchev–Trinajstić information content (AvgIpc) is 3.93. The van der Waals surface area contributed by atoms with Gasteiger partial charge in [0.15, 0.2) is 0 Å². The molecule has 0 atom stereocenters. The fourth-order valence-electron chi connectivity index (χ4n) is 8.84. The number of fused-ring (bicyclic) bond motifs is 9. The van der Waals surface area contributed by atoms with E-state index in [1.807, 2.05) is 0 Å². The van der Waals surface area contributed by atoms with E-state index in [1.54, 1.807) is 0 Å². The lowest BCUT2D eigenvalue weighted by atomic mass is 10.2. The van der Waals surface area contributed by atoms with Crippen LogP contribution in [0.2, 0.25) is 0 Å². The van der Waals surface area contributed by atoms with Crippen LogP contribution in [0.4, 0.5) is 0 Å². The molecular formula is C51H33N6P. The van der Waals surface area contributed by atoms with Gasteiger partial charge in [0.05, 0.1) is 49.4 Å². The molecule has 272 valence electrons. The molecule has 6 aromatic carbocycles. The van der Waals surface area contributed by atoms with Crippen LogP contribution in [0.25, 0.3) is 82.9 Å². The van der Waals surface area contributed by atoms with Crippen LogP contribution in [0.15, 0.2) is 200 Å². The van der Waals surface area contributed by atoms with Crippen molar-refractivity contribution < 1.29 is 0 Å². The molecular weight excluding hydrogens is 728 g/mol. The first-order valence-corrected chi connectivity index (χ1v) is 20.8. The van der Waals surface area contributed by atoms with E-state index in [4.69, 9.17) is 15.0 Å². The van der Waals surface area contributed by atoms with Crippen molar-refractivity contribution in [1.82, 2.24) is 28.7 Å². The molecule has 58 heavy (non-hydrogen) atoms. The summed E-state index contributed by atoms with van der Waals surface area (Å²) in [6.45, 7) is 0. The zero-order chi connectivity index (χ0) is 38.2. The largest absolute Gasteiger partial charge is 0.294 e. The highest BCUT2D eigenvalue weighted by Crippen LogP contribution is 2.37. The van der Waals surface area contributed by atoms with E-state index in [9.17, 15) is 0 Å². The van der Waals surface area contributed by atoms with E-state index in [1.165, 1.54) is 32.3 Å². The van der Waals surface area contributed by atoms with Crippen LogP contribution in [-0.4, -0.2) is 28.7 Å². The molecule has 12 aromatic rings. The summed E-state index contributed by atoms with van der Waals surface area (Å²) >= 11 is 0. The number of hydrogen-bond donors (Lipinski definition) is 0. The molecule has 0 aliphatic heterocycles. The summed E-state index contributed by atoms with van der Waals surface area (Å²) in [5.41, 5.74) is 9.50. The Morgan fingerprint density at radius 2 is 0.466 bits per heavy atom. The molecule has 0 saturated heterocycles. The monoisotopic (exact) mass is 760 g/mol. The maximum atomic E-state index is 5.55. The number of benzene rings is 6. The van der Waals surface area contributed by atoms with Crippen molar-refractivity contribution in [2.45, 2.75) is 0 Å². The minimum absolute atomic E-state index is 0.861. The second kappa shape index (κ2) is 13.1. The summed E-state index contributed by atoms with van der Waals surface area (Å²) in [5.74, 6) is 2.58. The highest BCUT2D eigenvalue weighted by molar-refractivity contribution is 7.79. The van der Waals surface area contributed by atoms with Crippen molar-refractivity contribution >= 4 is 89.6 Å². The highest BCUT2D eigenvalue weighted by Gasteiger charge is 2.25. The SMILES string of the molecule is c1cc(-n2c3ccccc3c3ccccc32)nc(P(c2cccc(-n3c4ccccc4c4ccccc43)n2)c2cccc(-n3c4ccccc4c4ccccc43)n2)c1. The lowest BCUT2D eigenvalue weighted by Gasteiger charge is -2.20. The Bertz CT molecular complexity index is 3020. The topological polar surface area (TPSA) is 53.5 Å². The van der Waals surface area contributed by atoms with E-state index in [-0.39, 0.29) is 0 Å². The van der Waals surface area contributed by atoms with Crippen LogP contribution in [0.1, 0.15) is 0 Å². The van der Waals surface area contributed by atoms with Crippen molar-refractivity contribution in [3.8, 4) is 17.5 Å². The Kier molecular flexibility index (Phi) is 7.40. The van der Waals surface area contributed by atoms with Crippen LogP contribution in [0, 0.1) is 0 Å². The standard InChI is InChI=1S/C51H33N6P/c1-7-22-40-34(16-1)35-17-2-8-23-41(35)55(40)46-28-13-31-49(52-46)58(50-32-14-29-47(53-50)56-42-24-9-3-18-36(42)37-19-4-10-25-43(37)56)51-33-15-30-48(54-51)57-44-26-11-5-20-38(44)39-21-6-12-27-45(39)57/h1-33H. The van der Waals surface area contributed by atoms with Gasteiger partial charge in [-0.25, -0.2) is 15.0 Å². The molecule has 0 radical (unpaired) electrons. The first kappa shape index (κ1) is 32.8. The number of aromatic nitrogens is 6. The van der Waals surface area contributed by atoms with Crippen LogP contribution >= 0.6 is 7.92 Å². The Balaban J connectivity index is 1.10. The molecule has 0 saturated carbocycles. The Morgan fingerprint density at radius 3 is 0.707 bits per heavy atom.